The third-order valence-electron chi connectivity index (χ3n) is 2.54. The average molecular weight is 234 g/mol. The first-order valence-corrected chi connectivity index (χ1v) is 7.23. The van der Waals surface area contributed by atoms with Gasteiger partial charge in [0.1, 0.15) is 0 Å². The Morgan fingerprint density at radius 1 is 1.33 bits per heavy atom. The number of hydrogen-bond donors (Lipinski definition) is 2. The molecular weight excluding hydrogens is 212 g/mol. The molecule has 0 aromatic carbocycles. The average Bonchev–Trinajstić information content (AvgIpc) is 2.75. The van der Waals surface area contributed by atoms with Gasteiger partial charge in [-0.15, -0.1) is 0 Å². The molecule has 1 rings (SSSR count). The summed E-state index contributed by atoms with van der Waals surface area (Å²) in [6.45, 7) is 6.82. The summed E-state index contributed by atoms with van der Waals surface area (Å²) in [5.41, 5.74) is -0.135. The van der Waals surface area contributed by atoms with Crippen LogP contribution in [0.2, 0.25) is 0 Å². The third kappa shape index (κ3) is 5.49. The SMILES string of the molecule is CC(C)NCCCS(=O)(=O)NC1(C)CC1. The van der Waals surface area contributed by atoms with Crippen LogP contribution in [-0.2, 0) is 10.0 Å². The quantitative estimate of drug-likeness (QED) is 0.642. The summed E-state index contributed by atoms with van der Waals surface area (Å²) in [5.74, 6) is 0.225. The summed E-state index contributed by atoms with van der Waals surface area (Å²) in [6, 6.07) is 0.418. The smallest absolute Gasteiger partial charge is 0.212 e. The molecule has 0 radical (unpaired) electrons. The summed E-state index contributed by atoms with van der Waals surface area (Å²) in [5, 5.41) is 3.20. The molecule has 90 valence electrons. The monoisotopic (exact) mass is 234 g/mol. The summed E-state index contributed by atoms with van der Waals surface area (Å²) < 4.78 is 25.9. The van der Waals surface area contributed by atoms with E-state index in [-0.39, 0.29) is 11.3 Å². The third-order valence-corrected chi connectivity index (χ3v) is 4.17. The highest BCUT2D eigenvalue weighted by Gasteiger charge is 2.40. The molecule has 0 aromatic heterocycles. The zero-order valence-electron chi connectivity index (χ0n) is 9.84. The van der Waals surface area contributed by atoms with E-state index in [1.165, 1.54) is 0 Å². The van der Waals surface area contributed by atoms with E-state index in [9.17, 15) is 8.42 Å². The van der Waals surface area contributed by atoms with Crippen molar-refractivity contribution in [3.8, 4) is 0 Å². The topological polar surface area (TPSA) is 58.2 Å². The lowest BCUT2D eigenvalue weighted by Crippen LogP contribution is -2.37. The van der Waals surface area contributed by atoms with Crippen molar-refractivity contribution in [2.45, 2.75) is 51.6 Å². The fraction of sp³-hybridized carbons (Fsp3) is 1.00. The Morgan fingerprint density at radius 2 is 1.93 bits per heavy atom. The molecule has 0 atom stereocenters. The van der Waals surface area contributed by atoms with Crippen LogP contribution in [0, 0.1) is 0 Å². The highest BCUT2D eigenvalue weighted by atomic mass is 32.2. The van der Waals surface area contributed by atoms with Crippen molar-refractivity contribution in [1.29, 1.82) is 0 Å². The largest absolute Gasteiger partial charge is 0.314 e. The van der Waals surface area contributed by atoms with Crippen molar-refractivity contribution in [3.63, 3.8) is 0 Å². The molecule has 0 saturated heterocycles. The predicted octanol–water partition coefficient (Wildman–Crippen LogP) is 0.846. The molecule has 1 saturated carbocycles. The molecule has 4 nitrogen and oxygen atoms in total. The van der Waals surface area contributed by atoms with Crippen LogP contribution in [0.4, 0.5) is 0 Å². The fourth-order valence-electron chi connectivity index (χ4n) is 1.37. The van der Waals surface area contributed by atoms with E-state index < -0.39 is 10.0 Å². The predicted molar refractivity (Wildman–Crippen MR) is 62.3 cm³/mol. The van der Waals surface area contributed by atoms with Crippen molar-refractivity contribution < 1.29 is 8.42 Å². The van der Waals surface area contributed by atoms with E-state index in [0.717, 1.165) is 19.4 Å². The second-order valence-electron chi connectivity index (χ2n) is 4.94. The molecular formula is C10H22N2O2S. The maximum Gasteiger partial charge on any atom is 0.212 e. The van der Waals surface area contributed by atoms with Gasteiger partial charge < -0.3 is 5.32 Å². The maximum atomic E-state index is 11.6. The van der Waals surface area contributed by atoms with Crippen molar-refractivity contribution in [3.05, 3.63) is 0 Å². The molecule has 1 fully saturated rings. The molecule has 0 aliphatic heterocycles. The van der Waals surface area contributed by atoms with Crippen LogP contribution in [0.1, 0.15) is 40.0 Å². The van der Waals surface area contributed by atoms with Crippen molar-refractivity contribution in [2.24, 2.45) is 0 Å². The second kappa shape index (κ2) is 4.80. The van der Waals surface area contributed by atoms with Crippen LogP contribution in [0.15, 0.2) is 0 Å². The van der Waals surface area contributed by atoms with Gasteiger partial charge in [-0.2, -0.15) is 0 Å². The van der Waals surface area contributed by atoms with Crippen LogP contribution in [0.5, 0.6) is 0 Å². The van der Waals surface area contributed by atoms with Crippen LogP contribution < -0.4 is 10.0 Å². The standard InChI is InChI=1S/C10H22N2O2S/c1-9(2)11-7-4-8-15(13,14)12-10(3)5-6-10/h9,11-12H,4-8H2,1-3H3. The van der Waals surface area contributed by atoms with E-state index in [2.05, 4.69) is 23.9 Å². The lowest BCUT2D eigenvalue weighted by atomic mass is 10.4. The molecule has 0 heterocycles. The molecule has 0 amide bonds. The van der Waals surface area contributed by atoms with Gasteiger partial charge in [0.2, 0.25) is 10.0 Å². The second-order valence-corrected chi connectivity index (χ2v) is 6.79. The van der Waals surface area contributed by atoms with E-state index in [1.54, 1.807) is 0 Å². The van der Waals surface area contributed by atoms with E-state index in [4.69, 9.17) is 0 Å². The Bertz CT molecular complexity index is 295. The Hall–Kier alpha value is -0.130. The van der Waals surface area contributed by atoms with E-state index in [0.29, 0.717) is 12.5 Å². The number of sulfonamides is 1. The molecule has 1 aliphatic rings. The van der Waals surface area contributed by atoms with Gasteiger partial charge in [-0.25, -0.2) is 13.1 Å². The number of nitrogens with one attached hydrogen (secondary N) is 2. The van der Waals surface area contributed by atoms with Crippen molar-refractivity contribution in [2.75, 3.05) is 12.3 Å². The minimum atomic E-state index is -3.06. The van der Waals surface area contributed by atoms with Gasteiger partial charge in [-0.3, -0.25) is 0 Å². The zero-order chi connectivity index (χ0) is 11.5. The minimum Gasteiger partial charge on any atom is -0.314 e. The Labute approximate surface area is 92.9 Å². The molecule has 15 heavy (non-hydrogen) atoms. The molecule has 5 heteroatoms. The Balaban J connectivity index is 2.19. The zero-order valence-corrected chi connectivity index (χ0v) is 10.7. The first-order valence-electron chi connectivity index (χ1n) is 5.58. The number of hydrogen-bond acceptors (Lipinski definition) is 3. The normalized spacial score (nSPS) is 19.5. The molecule has 2 N–H and O–H groups in total. The van der Waals surface area contributed by atoms with Gasteiger partial charge in [0.05, 0.1) is 5.75 Å². The summed E-state index contributed by atoms with van der Waals surface area (Å²) in [7, 11) is -3.06. The molecule has 0 aromatic rings. The molecule has 0 spiro atoms. The van der Waals surface area contributed by atoms with Gasteiger partial charge in [-0.1, -0.05) is 13.8 Å². The lowest BCUT2D eigenvalue weighted by Gasteiger charge is -2.12. The van der Waals surface area contributed by atoms with E-state index in [1.807, 2.05) is 6.92 Å². The molecule has 0 unspecified atom stereocenters. The van der Waals surface area contributed by atoms with Gasteiger partial charge in [0.25, 0.3) is 0 Å². The van der Waals surface area contributed by atoms with Crippen molar-refractivity contribution in [1.82, 2.24) is 10.0 Å². The fourth-order valence-corrected chi connectivity index (χ4v) is 2.95. The Kier molecular flexibility index (Phi) is 4.14. The van der Waals surface area contributed by atoms with Crippen LogP contribution in [0.3, 0.4) is 0 Å². The lowest BCUT2D eigenvalue weighted by molar-refractivity contribution is 0.545. The van der Waals surface area contributed by atoms with E-state index >= 15 is 0 Å². The minimum absolute atomic E-state index is 0.135. The van der Waals surface area contributed by atoms with Gasteiger partial charge in [0, 0.05) is 11.6 Å². The summed E-state index contributed by atoms with van der Waals surface area (Å²) in [6.07, 6.45) is 2.61. The molecule has 0 bridgehead atoms. The maximum absolute atomic E-state index is 11.6. The first-order chi connectivity index (χ1) is 6.83. The van der Waals surface area contributed by atoms with Gasteiger partial charge >= 0.3 is 0 Å². The Morgan fingerprint density at radius 3 is 2.40 bits per heavy atom. The van der Waals surface area contributed by atoms with Gasteiger partial charge in [-0.05, 0) is 32.7 Å². The van der Waals surface area contributed by atoms with Crippen LogP contribution in [0.25, 0.3) is 0 Å². The number of rotatable bonds is 7. The summed E-state index contributed by atoms with van der Waals surface area (Å²) >= 11 is 0. The van der Waals surface area contributed by atoms with Crippen LogP contribution in [-0.4, -0.2) is 32.3 Å². The van der Waals surface area contributed by atoms with Crippen molar-refractivity contribution >= 4 is 10.0 Å². The first kappa shape index (κ1) is 12.9. The highest BCUT2D eigenvalue weighted by molar-refractivity contribution is 7.89. The van der Waals surface area contributed by atoms with Crippen LogP contribution >= 0.6 is 0 Å². The summed E-state index contributed by atoms with van der Waals surface area (Å²) in [4.78, 5) is 0. The van der Waals surface area contributed by atoms with Gasteiger partial charge in [0.15, 0.2) is 0 Å². The highest BCUT2D eigenvalue weighted by Crippen LogP contribution is 2.34. The molecule has 1 aliphatic carbocycles.